The third-order valence-electron chi connectivity index (χ3n) is 2.50. The van der Waals surface area contributed by atoms with Crippen molar-refractivity contribution in [2.45, 2.75) is 19.9 Å². The highest BCUT2D eigenvalue weighted by Gasteiger charge is 2.17. The molecule has 0 heterocycles. The van der Waals surface area contributed by atoms with Crippen molar-refractivity contribution in [3.05, 3.63) is 29.3 Å². The maximum atomic E-state index is 13.5. The molecule has 0 radical (unpaired) electrons. The van der Waals surface area contributed by atoms with E-state index in [1.54, 1.807) is 6.07 Å². The van der Waals surface area contributed by atoms with E-state index in [0.29, 0.717) is 0 Å². The second kappa shape index (κ2) is 5.60. The summed E-state index contributed by atoms with van der Waals surface area (Å²) in [5.74, 6) is -1.64. The molecule has 1 aromatic rings. The van der Waals surface area contributed by atoms with Crippen molar-refractivity contribution in [2.75, 3.05) is 11.9 Å². The van der Waals surface area contributed by atoms with Gasteiger partial charge in [0.2, 0.25) is 0 Å². The Labute approximate surface area is 98.7 Å². The van der Waals surface area contributed by atoms with E-state index in [1.807, 2.05) is 13.8 Å². The molecule has 1 aromatic carbocycles. The molecule has 2 N–H and O–H groups in total. The van der Waals surface area contributed by atoms with E-state index in [9.17, 15) is 8.78 Å². The number of nitrogens with one attached hydrogen (secondary N) is 1. The normalized spacial score (nSPS) is 12.3. The van der Waals surface area contributed by atoms with Crippen LogP contribution < -0.4 is 5.32 Å². The van der Waals surface area contributed by atoms with Crippen molar-refractivity contribution in [3.8, 4) is 6.07 Å². The predicted octanol–water partition coefficient (Wildman–Crippen LogP) is 2.27. The van der Waals surface area contributed by atoms with Gasteiger partial charge < -0.3 is 10.4 Å². The maximum absolute atomic E-state index is 13.5. The van der Waals surface area contributed by atoms with Crippen molar-refractivity contribution in [1.29, 1.82) is 5.26 Å². The van der Waals surface area contributed by atoms with E-state index >= 15 is 0 Å². The minimum atomic E-state index is -0.833. The zero-order valence-corrected chi connectivity index (χ0v) is 9.67. The Morgan fingerprint density at radius 1 is 1.35 bits per heavy atom. The van der Waals surface area contributed by atoms with E-state index in [1.165, 1.54) is 0 Å². The molecule has 0 aliphatic carbocycles. The van der Waals surface area contributed by atoms with Gasteiger partial charge in [0.25, 0.3) is 0 Å². The number of halogens is 2. The number of benzene rings is 1. The monoisotopic (exact) mass is 240 g/mol. The first kappa shape index (κ1) is 13.4. The Balaban J connectivity index is 3.03. The standard InChI is InChI=1S/C12H14F2N2O/c1-7(2)11(6-17)16-12-9(13)3-8(5-15)4-10(12)14/h3-4,7,11,16-17H,6H2,1-2H3. The van der Waals surface area contributed by atoms with Crippen LogP contribution in [0.1, 0.15) is 19.4 Å². The van der Waals surface area contributed by atoms with E-state index in [2.05, 4.69) is 5.32 Å². The van der Waals surface area contributed by atoms with Crippen LogP contribution in [0.3, 0.4) is 0 Å². The maximum Gasteiger partial charge on any atom is 0.150 e. The van der Waals surface area contributed by atoms with Crippen molar-refractivity contribution in [2.24, 2.45) is 5.92 Å². The highest BCUT2D eigenvalue weighted by molar-refractivity contribution is 5.51. The Bertz CT molecular complexity index is 418. The van der Waals surface area contributed by atoms with Crippen LogP contribution in [0.4, 0.5) is 14.5 Å². The van der Waals surface area contributed by atoms with Gasteiger partial charge in [-0.1, -0.05) is 13.8 Å². The molecule has 0 saturated heterocycles. The zero-order chi connectivity index (χ0) is 13.0. The first-order chi connectivity index (χ1) is 7.99. The molecule has 0 fully saturated rings. The lowest BCUT2D eigenvalue weighted by Crippen LogP contribution is -2.30. The van der Waals surface area contributed by atoms with Gasteiger partial charge in [0.05, 0.1) is 24.3 Å². The molecule has 5 heteroatoms. The largest absolute Gasteiger partial charge is 0.394 e. The number of nitrogens with zero attached hydrogens (tertiary/aromatic N) is 1. The lowest BCUT2D eigenvalue weighted by molar-refractivity contribution is 0.248. The van der Waals surface area contributed by atoms with Crippen LogP contribution in [-0.2, 0) is 0 Å². The molecule has 3 nitrogen and oxygen atoms in total. The molecular weight excluding hydrogens is 226 g/mol. The number of rotatable bonds is 4. The highest BCUT2D eigenvalue weighted by Crippen LogP contribution is 2.22. The molecule has 0 bridgehead atoms. The van der Waals surface area contributed by atoms with Crippen LogP contribution >= 0.6 is 0 Å². The molecule has 0 amide bonds. The molecule has 92 valence electrons. The van der Waals surface area contributed by atoms with Gasteiger partial charge in [-0.15, -0.1) is 0 Å². The Morgan fingerprint density at radius 3 is 2.24 bits per heavy atom. The Kier molecular flexibility index (Phi) is 4.41. The zero-order valence-electron chi connectivity index (χ0n) is 9.67. The molecule has 1 atom stereocenters. The summed E-state index contributed by atoms with van der Waals surface area (Å²) in [5, 5.41) is 20.2. The van der Waals surface area contributed by atoms with E-state index in [4.69, 9.17) is 10.4 Å². The minimum Gasteiger partial charge on any atom is -0.394 e. The summed E-state index contributed by atoms with van der Waals surface area (Å²) in [5.41, 5.74) is -0.382. The van der Waals surface area contributed by atoms with Crippen molar-refractivity contribution >= 4 is 5.69 Å². The van der Waals surface area contributed by atoms with Gasteiger partial charge in [0, 0.05) is 0 Å². The third kappa shape index (κ3) is 3.14. The van der Waals surface area contributed by atoms with Crippen LogP contribution in [0.25, 0.3) is 0 Å². The predicted molar refractivity (Wildman–Crippen MR) is 60.4 cm³/mol. The molecule has 0 aliphatic heterocycles. The molecular formula is C12H14F2N2O. The fourth-order valence-electron chi connectivity index (χ4n) is 1.38. The van der Waals surface area contributed by atoms with E-state index in [-0.39, 0.29) is 23.8 Å². The third-order valence-corrected chi connectivity index (χ3v) is 2.50. The number of nitriles is 1. The number of anilines is 1. The molecule has 1 rings (SSSR count). The minimum absolute atomic E-state index is 0.0226. The summed E-state index contributed by atoms with van der Waals surface area (Å²) in [6, 6.07) is 3.15. The smallest absolute Gasteiger partial charge is 0.150 e. The van der Waals surface area contributed by atoms with Gasteiger partial charge in [-0.2, -0.15) is 5.26 Å². The molecule has 17 heavy (non-hydrogen) atoms. The Hall–Kier alpha value is -1.67. The average Bonchev–Trinajstić information content (AvgIpc) is 2.27. The van der Waals surface area contributed by atoms with Crippen LogP contribution in [0.5, 0.6) is 0 Å². The summed E-state index contributed by atoms with van der Waals surface area (Å²) in [6.07, 6.45) is 0. The second-order valence-corrected chi connectivity index (χ2v) is 4.10. The van der Waals surface area contributed by atoms with Crippen molar-refractivity contribution in [1.82, 2.24) is 0 Å². The summed E-state index contributed by atoms with van der Waals surface area (Å²) in [7, 11) is 0. The fraction of sp³-hybridized carbons (Fsp3) is 0.417. The summed E-state index contributed by atoms with van der Waals surface area (Å²) >= 11 is 0. The van der Waals surface area contributed by atoms with E-state index in [0.717, 1.165) is 12.1 Å². The SMILES string of the molecule is CC(C)C(CO)Nc1c(F)cc(C#N)cc1F. The van der Waals surface area contributed by atoms with Gasteiger partial charge >= 0.3 is 0 Å². The van der Waals surface area contributed by atoms with Crippen LogP contribution in [0.15, 0.2) is 12.1 Å². The van der Waals surface area contributed by atoms with Gasteiger partial charge in [-0.25, -0.2) is 8.78 Å². The summed E-state index contributed by atoms with van der Waals surface area (Å²) < 4.78 is 27.0. The molecule has 0 aliphatic rings. The van der Waals surface area contributed by atoms with Crippen LogP contribution in [0.2, 0.25) is 0 Å². The van der Waals surface area contributed by atoms with Gasteiger partial charge in [0.1, 0.15) is 5.69 Å². The summed E-state index contributed by atoms with van der Waals surface area (Å²) in [4.78, 5) is 0. The molecule has 0 spiro atoms. The number of hydrogen-bond acceptors (Lipinski definition) is 3. The number of aliphatic hydroxyl groups excluding tert-OH is 1. The highest BCUT2D eigenvalue weighted by atomic mass is 19.1. The lowest BCUT2D eigenvalue weighted by atomic mass is 10.0. The molecule has 0 aromatic heterocycles. The van der Waals surface area contributed by atoms with Crippen molar-refractivity contribution in [3.63, 3.8) is 0 Å². The molecule has 0 saturated carbocycles. The molecule has 1 unspecified atom stereocenters. The fourth-order valence-corrected chi connectivity index (χ4v) is 1.38. The van der Waals surface area contributed by atoms with Gasteiger partial charge in [0.15, 0.2) is 11.6 Å². The van der Waals surface area contributed by atoms with Crippen LogP contribution in [-0.4, -0.2) is 17.8 Å². The lowest BCUT2D eigenvalue weighted by Gasteiger charge is -2.21. The Morgan fingerprint density at radius 2 is 1.88 bits per heavy atom. The average molecular weight is 240 g/mol. The van der Waals surface area contributed by atoms with Gasteiger partial charge in [-0.3, -0.25) is 0 Å². The van der Waals surface area contributed by atoms with Crippen LogP contribution in [0, 0.1) is 28.9 Å². The quantitative estimate of drug-likeness (QED) is 0.848. The number of aliphatic hydroxyl groups is 1. The van der Waals surface area contributed by atoms with Gasteiger partial charge in [-0.05, 0) is 18.1 Å². The van der Waals surface area contributed by atoms with E-state index < -0.39 is 17.7 Å². The first-order valence-electron chi connectivity index (χ1n) is 5.26. The summed E-state index contributed by atoms with van der Waals surface area (Å²) in [6.45, 7) is 3.43. The second-order valence-electron chi connectivity index (χ2n) is 4.10. The number of hydrogen-bond donors (Lipinski definition) is 2. The topological polar surface area (TPSA) is 56.0 Å². The van der Waals surface area contributed by atoms with Crippen molar-refractivity contribution < 1.29 is 13.9 Å². The first-order valence-corrected chi connectivity index (χ1v) is 5.26.